The molecule has 0 radical (unpaired) electrons. The molecule has 114 valence electrons. The molecule has 0 aromatic heterocycles. The Labute approximate surface area is 135 Å². The smallest absolute Gasteiger partial charge is 0.222 e. The fourth-order valence-electron chi connectivity index (χ4n) is 3.09. The van der Waals surface area contributed by atoms with E-state index < -0.39 is 0 Å². The molecule has 1 aromatic rings. The first-order valence-corrected chi connectivity index (χ1v) is 9.12. The maximum atomic E-state index is 11.7. The molecule has 0 bridgehead atoms. The molecule has 3 nitrogen and oxygen atoms in total. The van der Waals surface area contributed by atoms with Gasteiger partial charge in [-0.2, -0.15) is 11.8 Å². The van der Waals surface area contributed by atoms with Crippen LogP contribution in [0.3, 0.4) is 0 Å². The van der Waals surface area contributed by atoms with E-state index in [9.17, 15) is 4.79 Å². The van der Waals surface area contributed by atoms with Crippen molar-refractivity contribution in [1.29, 1.82) is 0 Å². The highest BCUT2D eigenvalue weighted by Gasteiger charge is 2.26. The highest BCUT2D eigenvalue weighted by Crippen LogP contribution is 2.30. The second-order valence-corrected chi connectivity index (χ2v) is 7.25. The Morgan fingerprint density at radius 1 is 1.19 bits per heavy atom. The van der Waals surface area contributed by atoms with Crippen molar-refractivity contribution in [2.45, 2.75) is 18.9 Å². The molecule has 3 rings (SSSR count). The Kier molecular flexibility index (Phi) is 5.09. The standard InChI is InChI=1S/C16H21ClN2OS/c17-14-5-3-13(4-6-14)15-12-21-11-10-18(15)8-9-19-7-1-2-16(19)20/h3-6,15H,1-2,7-12H2/t15-/m1/s1. The summed E-state index contributed by atoms with van der Waals surface area (Å²) < 4.78 is 0. The van der Waals surface area contributed by atoms with Crippen LogP contribution < -0.4 is 0 Å². The Morgan fingerprint density at radius 2 is 2.00 bits per heavy atom. The number of rotatable bonds is 4. The second-order valence-electron chi connectivity index (χ2n) is 5.66. The minimum Gasteiger partial charge on any atom is -0.341 e. The van der Waals surface area contributed by atoms with Crippen LogP contribution in [-0.4, -0.2) is 53.4 Å². The molecule has 1 aromatic carbocycles. The summed E-state index contributed by atoms with van der Waals surface area (Å²) >= 11 is 8.00. The number of nitrogens with zero attached hydrogens (tertiary/aromatic N) is 2. The molecular weight excluding hydrogens is 304 g/mol. The first-order chi connectivity index (χ1) is 10.2. The summed E-state index contributed by atoms with van der Waals surface area (Å²) in [6.45, 7) is 3.88. The van der Waals surface area contributed by atoms with Crippen LogP contribution in [0.2, 0.25) is 5.02 Å². The van der Waals surface area contributed by atoms with Crippen molar-refractivity contribution < 1.29 is 4.79 Å². The quantitative estimate of drug-likeness (QED) is 0.850. The number of carbonyl (C=O) groups excluding carboxylic acids is 1. The third-order valence-corrected chi connectivity index (χ3v) is 5.60. The molecule has 2 heterocycles. The average molecular weight is 325 g/mol. The SMILES string of the molecule is O=C1CCCN1CCN1CCSC[C@@H]1c1ccc(Cl)cc1. The zero-order chi connectivity index (χ0) is 14.7. The molecule has 0 N–H and O–H groups in total. The van der Waals surface area contributed by atoms with Crippen molar-refractivity contribution in [2.24, 2.45) is 0 Å². The number of likely N-dealkylation sites (tertiary alicyclic amines) is 1. The summed E-state index contributed by atoms with van der Waals surface area (Å²) in [5, 5.41) is 0.788. The van der Waals surface area contributed by atoms with Gasteiger partial charge in [-0.05, 0) is 24.1 Å². The molecule has 0 unspecified atom stereocenters. The number of benzene rings is 1. The molecule has 0 aliphatic carbocycles. The fraction of sp³-hybridized carbons (Fsp3) is 0.562. The van der Waals surface area contributed by atoms with Gasteiger partial charge in [0.05, 0.1) is 0 Å². The minimum absolute atomic E-state index is 0.324. The first-order valence-electron chi connectivity index (χ1n) is 7.59. The van der Waals surface area contributed by atoms with Crippen molar-refractivity contribution in [1.82, 2.24) is 9.80 Å². The summed E-state index contributed by atoms with van der Waals surface area (Å²) in [7, 11) is 0. The van der Waals surface area contributed by atoms with Crippen molar-refractivity contribution >= 4 is 29.3 Å². The van der Waals surface area contributed by atoms with E-state index in [0.29, 0.717) is 11.9 Å². The van der Waals surface area contributed by atoms with E-state index in [0.717, 1.165) is 49.8 Å². The Balaban J connectivity index is 1.63. The van der Waals surface area contributed by atoms with Crippen LogP contribution in [0.4, 0.5) is 0 Å². The van der Waals surface area contributed by atoms with Gasteiger partial charge in [-0.1, -0.05) is 23.7 Å². The van der Waals surface area contributed by atoms with Crippen LogP contribution in [0, 0.1) is 0 Å². The Hall–Kier alpha value is -0.710. The highest BCUT2D eigenvalue weighted by molar-refractivity contribution is 7.99. The van der Waals surface area contributed by atoms with Gasteiger partial charge < -0.3 is 4.90 Å². The summed E-state index contributed by atoms with van der Waals surface area (Å²) in [4.78, 5) is 16.3. The van der Waals surface area contributed by atoms with Gasteiger partial charge in [0.1, 0.15) is 0 Å². The molecule has 5 heteroatoms. The van der Waals surface area contributed by atoms with E-state index in [1.807, 2.05) is 28.8 Å². The third kappa shape index (κ3) is 3.74. The zero-order valence-corrected chi connectivity index (χ0v) is 13.7. The van der Waals surface area contributed by atoms with Crippen LogP contribution in [0.1, 0.15) is 24.4 Å². The number of halogens is 1. The van der Waals surface area contributed by atoms with E-state index in [4.69, 9.17) is 11.6 Å². The van der Waals surface area contributed by atoms with E-state index in [1.165, 1.54) is 11.3 Å². The summed E-state index contributed by atoms with van der Waals surface area (Å²) in [5.74, 6) is 2.62. The van der Waals surface area contributed by atoms with E-state index in [-0.39, 0.29) is 0 Å². The molecule has 2 saturated heterocycles. The number of thioether (sulfide) groups is 1. The van der Waals surface area contributed by atoms with E-state index >= 15 is 0 Å². The van der Waals surface area contributed by atoms with Gasteiger partial charge in [0, 0.05) is 55.2 Å². The number of carbonyl (C=O) groups is 1. The third-order valence-electron chi connectivity index (χ3n) is 4.32. The van der Waals surface area contributed by atoms with Crippen LogP contribution >= 0.6 is 23.4 Å². The summed E-state index contributed by atoms with van der Waals surface area (Å²) in [5.41, 5.74) is 1.33. The van der Waals surface area contributed by atoms with Crippen molar-refractivity contribution in [3.8, 4) is 0 Å². The number of hydrogen-bond donors (Lipinski definition) is 0. The molecule has 1 atom stereocenters. The molecule has 21 heavy (non-hydrogen) atoms. The molecule has 2 aliphatic heterocycles. The molecular formula is C16H21ClN2OS. The maximum absolute atomic E-state index is 11.7. The lowest BCUT2D eigenvalue weighted by Crippen LogP contribution is -2.41. The monoisotopic (exact) mass is 324 g/mol. The van der Waals surface area contributed by atoms with Gasteiger partial charge in [0.2, 0.25) is 5.91 Å². The first kappa shape index (κ1) is 15.2. The van der Waals surface area contributed by atoms with E-state index in [2.05, 4.69) is 17.0 Å². The molecule has 2 aliphatic rings. The van der Waals surface area contributed by atoms with Crippen LogP contribution in [-0.2, 0) is 4.79 Å². The van der Waals surface area contributed by atoms with E-state index in [1.54, 1.807) is 0 Å². The highest BCUT2D eigenvalue weighted by atomic mass is 35.5. The topological polar surface area (TPSA) is 23.6 Å². The zero-order valence-electron chi connectivity index (χ0n) is 12.1. The summed E-state index contributed by atoms with van der Waals surface area (Å²) in [6.07, 6.45) is 1.76. The minimum atomic E-state index is 0.324. The Morgan fingerprint density at radius 3 is 2.71 bits per heavy atom. The van der Waals surface area contributed by atoms with Crippen molar-refractivity contribution in [3.05, 3.63) is 34.9 Å². The average Bonchev–Trinajstić information content (AvgIpc) is 2.92. The van der Waals surface area contributed by atoms with Gasteiger partial charge in [0.15, 0.2) is 0 Å². The predicted molar refractivity (Wildman–Crippen MR) is 88.9 cm³/mol. The second kappa shape index (κ2) is 7.03. The van der Waals surface area contributed by atoms with Gasteiger partial charge in [-0.15, -0.1) is 0 Å². The lowest BCUT2D eigenvalue weighted by atomic mass is 10.1. The van der Waals surface area contributed by atoms with Gasteiger partial charge in [0.25, 0.3) is 0 Å². The largest absolute Gasteiger partial charge is 0.341 e. The number of hydrogen-bond acceptors (Lipinski definition) is 3. The normalized spacial score (nSPS) is 23.8. The predicted octanol–water partition coefficient (Wildman–Crippen LogP) is 3.05. The maximum Gasteiger partial charge on any atom is 0.222 e. The molecule has 2 fully saturated rings. The van der Waals surface area contributed by atoms with Crippen LogP contribution in [0.25, 0.3) is 0 Å². The lowest BCUT2D eigenvalue weighted by molar-refractivity contribution is -0.127. The molecule has 0 spiro atoms. The van der Waals surface area contributed by atoms with Gasteiger partial charge in [-0.25, -0.2) is 0 Å². The van der Waals surface area contributed by atoms with Gasteiger partial charge >= 0.3 is 0 Å². The number of amides is 1. The van der Waals surface area contributed by atoms with Gasteiger partial charge in [-0.3, -0.25) is 9.69 Å². The van der Waals surface area contributed by atoms with Crippen LogP contribution in [0.5, 0.6) is 0 Å². The fourth-order valence-corrected chi connectivity index (χ4v) is 4.37. The molecule has 1 amide bonds. The van der Waals surface area contributed by atoms with Crippen molar-refractivity contribution in [3.63, 3.8) is 0 Å². The Bertz CT molecular complexity index is 494. The van der Waals surface area contributed by atoms with Crippen molar-refractivity contribution in [2.75, 3.05) is 37.7 Å². The summed E-state index contributed by atoms with van der Waals surface area (Å²) in [6, 6.07) is 8.65. The van der Waals surface area contributed by atoms with Crippen LogP contribution in [0.15, 0.2) is 24.3 Å². The molecule has 0 saturated carbocycles. The lowest BCUT2D eigenvalue weighted by Gasteiger charge is -2.36.